The van der Waals surface area contributed by atoms with Gasteiger partial charge in [0.2, 0.25) is 6.41 Å². The van der Waals surface area contributed by atoms with E-state index in [2.05, 4.69) is 5.32 Å². The molecule has 1 amide bonds. The fourth-order valence-electron chi connectivity index (χ4n) is 3.27. The van der Waals surface area contributed by atoms with Gasteiger partial charge in [-0.25, -0.2) is 9.59 Å². The normalized spacial score (nSPS) is 19.2. The number of nitrogens with one attached hydrogen (secondary N) is 1. The van der Waals surface area contributed by atoms with E-state index in [1.54, 1.807) is 37.5 Å². The number of esters is 2. The highest BCUT2D eigenvalue weighted by Gasteiger charge is 2.42. The van der Waals surface area contributed by atoms with Crippen LogP contribution in [0, 0.1) is 0 Å². The summed E-state index contributed by atoms with van der Waals surface area (Å²) in [7, 11) is 1.69. The number of rotatable bonds is 9. The van der Waals surface area contributed by atoms with Crippen LogP contribution in [0.2, 0.25) is 10.0 Å². The minimum atomic E-state index is -0.842. The van der Waals surface area contributed by atoms with E-state index in [4.69, 9.17) is 49.6 Å². The second kappa shape index (κ2) is 12.6. The average Bonchev–Trinajstić information content (AvgIpc) is 3.24. The molecule has 1 fully saturated rings. The molecular formula is C24H22Cl2N2O6S. The molecule has 1 aliphatic rings. The lowest BCUT2D eigenvalue weighted by Gasteiger charge is -2.23. The molecule has 0 radical (unpaired) electrons. The zero-order chi connectivity index (χ0) is 25.4. The molecular weight excluding hydrogens is 515 g/mol. The molecule has 2 aromatic carbocycles. The zero-order valence-electron chi connectivity index (χ0n) is 18.6. The number of hydrogen-bond donors (Lipinski definition) is 1. The maximum absolute atomic E-state index is 12.7. The molecule has 0 bridgehead atoms. The van der Waals surface area contributed by atoms with Gasteiger partial charge in [-0.15, -0.1) is 0 Å². The van der Waals surface area contributed by atoms with Gasteiger partial charge in [-0.1, -0.05) is 35.4 Å². The molecule has 8 nitrogen and oxygen atoms in total. The number of benzene rings is 2. The summed E-state index contributed by atoms with van der Waals surface area (Å²) >= 11 is 17.0. The van der Waals surface area contributed by atoms with Gasteiger partial charge in [0.1, 0.15) is 30.0 Å². The highest BCUT2D eigenvalue weighted by Crippen LogP contribution is 2.28. The van der Waals surface area contributed by atoms with Crippen LogP contribution in [-0.4, -0.2) is 60.3 Å². The Morgan fingerprint density at radius 3 is 2.20 bits per heavy atom. The Morgan fingerprint density at radius 2 is 1.66 bits per heavy atom. The molecule has 184 valence electrons. The van der Waals surface area contributed by atoms with Crippen molar-refractivity contribution in [2.75, 3.05) is 13.7 Å². The second-order valence-corrected chi connectivity index (χ2v) is 8.68. The van der Waals surface area contributed by atoms with Crippen molar-refractivity contribution in [2.24, 2.45) is 0 Å². The number of hydrogen-bond acceptors (Lipinski definition) is 8. The molecule has 1 N–H and O–H groups in total. The van der Waals surface area contributed by atoms with Crippen LogP contribution < -0.4 is 5.32 Å². The SMILES string of the molecule is CN/C=C\C(=S)N(C=O)C1CC(OC(=O)c2ccc(Cl)cc2)C(COC(=O)c2ccc(Cl)cc2)O1. The van der Waals surface area contributed by atoms with Gasteiger partial charge in [0.25, 0.3) is 0 Å². The third-order valence-electron chi connectivity index (χ3n) is 5.05. The largest absolute Gasteiger partial charge is 0.459 e. The van der Waals surface area contributed by atoms with Crippen LogP contribution in [0.5, 0.6) is 0 Å². The lowest BCUT2D eigenvalue weighted by molar-refractivity contribution is -0.125. The first-order valence-corrected chi connectivity index (χ1v) is 11.6. The van der Waals surface area contributed by atoms with E-state index in [1.165, 1.54) is 35.2 Å². The van der Waals surface area contributed by atoms with Gasteiger partial charge in [0.15, 0.2) is 0 Å². The maximum atomic E-state index is 12.7. The summed E-state index contributed by atoms with van der Waals surface area (Å²) in [5.74, 6) is -1.21. The third kappa shape index (κ3) is 7.25. The quantitative estimate of drug-likeness (QED) is 0.222. The van der Waals surface area contributed by atoms with Crippen molar-refractivity contribution >= 4 is 58.8 Å². The molecule has 3 rings (SSSR count). The molecule has 2 aromatic rings. The summed E-state index contributed by atoms with van der Waals surface area (Å²) in [5, 5.41) is 3.75. The Balaban J connectivity index is 1.74. The Labute approximate surface area is 217 Å². The Kier molecular flexibility index (Phi) is 9.62. The van der Waals surface area contributed by atoms with Crippen LogP contribution in [0.25, 0.3) is 0 Å². The summed E-state index contributed by atoms with van der Waals surface area (Å²) in [6.45, 7) is -0.220. The smallest absolute Gasteiger partial charge is 0.338 e. The molecule has 1 heterocycles. The lowest BCUT2D eigenvalue weighted by atomic mass is 10.1. The van der Waals surface area contributed by atoms with E-state index in [-0.39, 0.29) is 23.6 Å². The number of halogens is 2. The van der Waals surface area contributed by atoms with Crippen molar-refractivity contribution in [1.82, 2.24) is 10.2 Å². The first kappa shape index (κ1) is 26.6. The van der Waals surface area contributed by atoms with E-state index >= 15 is 0 Å². The predicted octanol–water partition coefficient (Wildman–Crippen LogP) is 4.01. The lowest BCUT2D eigenvalue weighted by Crippen LogP contribution is -2.38. The molecule has 0 spiro atoms. The molecule has 11 heteroatoms. The molecule has 1 aliphatic heterocycles. The van der Waals surface area contributed by atoms with E-state index < -0.39 is 30.4 Å². The van der Waals surface area contributed by atoms with Gasteiger partial charge in [-0.05, 0) is 60.8 Å². The Bertz CT molecular complexity index is 1090. The van der Waals surface area contributed by atoms with Gasteiger partial charge in [0, 0.05) is 23.5 Å². The van der Waals surface area contributed by atoms with Crippen molar-refractivity contribution in [3.8, 4) is 0 Å². The first-order chi connectivity index (χ1) is 16.8. The molecule has 3 atom stereocenters. The van der Waals surface area contributed by atoms with Crippen molar-refractivity contribution in [3.63, 3.8) is 0 Å². The highest BCUT2D eigenvalue weighted by molar-refractivity contribution is 7.80. The summed E-state index contributed by atoms with van der Waals surface area (Å²) in [5.41, 5.74) is 0.584. The van der Waals surface area contributed by atoms with E-state index in [0.717, 1.165) is 0 Å². The van der Waals surface area contributed by atoms with Crippen molar-refractivity contribution < 1.29 is 28.6 Å². The third-order valence-corrected chi connectivity index (χ3v) is 5.90. The second-order valence-electron chi connectivity index (χ2n) is 7.39. The number of carbonyl (C=O) groups is 3. The molecule has 0 aromatic heterocycles. The summed E-state index contributed by atoms with van der Waals surface area (Å²) < 4.78 is 17.0. The minimum absolute atomic E-state index is 0.120. The molecule has 1 saturated heterocycles. The van der Waals surface area contributed by atoms with Crippen LogP contribution in [-0.2, 0) is 19.0 Å². The zero-order valence-corrected chi connectivity index (χ0v) is 20.9. The maximum Gasteiger partial charge on any atom is 0.338 e. The summed E-state index contributed by atoms with van der Waals surface area (Å²) in [6, 6.07) is 12.4. The van der Waals surface area contributed by atoms with Gasteiger partial charge < -0.3 is 19.5 Å². The average molecular weight is 537 g/mol. The standard InChI is InChI=1S/C24H22Cl2N2O6S/c1-27-11-10-22(35)28(14-29)21-12-19(34-24(31)16-4-8-18(26)9-5-16)20(33-21)13-32-23(30)15-2-6-17(25)7-3-15/h2-11,14,19-21,27H,12-13H2,1H3/b11-10-. The minimum Gasteiger partial charge on any atom is -0.459 e. The van der Waals surface area contributed by atoms with Crippen molar-refractivity contribution in [3.05, 3.63) is 82.0 Å². The number of thiocarbonyl (C=S) groups is 1. The van der Waals surface area contributed by atoms with Crippen LogP contribution in [0.1, 0.15) is 27.1 Å². The topological polar surface area (TPSA) is 94.2 Å². The molecule has 0 saturated carbocycles. The van der Waals surface area contributed by atoms with Gasteiger partial charge in [-0.3, -0.25) is 9.69 Å². The number of carbonyl (C=O) groups excluding carboxylic acids is 3. The number of amides is 1. The van der Waals surface area contributed by atoms with Crippen molar-refractivity contribution in [2.45, 2.75) is 24.9 Å². The Hall–Kier alpha value is -2.98. The van der Waals surface area contributed by atoms with E-state index in [0.29, 0.717) is 22.0 Å². The summed E-state index contributed by atoms with van der Waals surface area (Å²) in [4.78, 5) is 38.3. The van der Waals surface area contributed by atoms with Crippen molar-refractivity contribution in [1.29, 1.82) is 0 Å². The van der Waals surface area contributed by atoms with Gasteiger partial charge >= 0.3 is 11.9 Å². The molecule has 3 unspecified atom stereocenters. The van der Waals surface area contributed by atoms with Gasteiger partial charge in [0.05, 0.1) is 11.1 Å². The van der Waals surface area contributed by atoms with Crippen LogP contribution in [0.3, 0.4) is 0 Å². The van der Waals surface area contributed by atoms with Crippen LogP contribution >= 0.6 is 35.4 Å². The van der Waals surface area contributed by atoms with E-state index in [1.807, 2.05) is 0 Å². The van der Waals surface area contributed by atoms with Gasteiger partial charge in [-0.2, -0.15) is 0 Å². The first-order valence-electron chi connectivity index (χ1n) is 10.5. The molecule has 35 heavy (non-hydrogen) atoms. The predicted molar refractivity (Wildman–Crippen MR) is 134 cm³/mol. The Morgan fingerprint density at radius 1 is 1.09 bits per heavy atom. The van der Waals surface area contributed by atoms with Crippen LogP contribution in [0.15, 0.2) is 60.8 Å². The fraction of sp³-hybridized carbons (Fsp3) is 0.250. The monoisotopic (exact) mass is 536 g/mol. The number of nitrogens with zero attached hydrogens (tertiary/aromatic N) is 1. The molecule has 0 aliphatic carbocycles. The highest BCUT2D eigenvalue weighted by atomic mass is 35.5. The van der Waals surface area contributed by atoms with Crippen LogP contribution in [0.4, 0.5) is 0 Å². The summed E-state index contributed by atoms with van der Waals surface area (Å²) in [6.07, 6.45) is 1.25. The number of ether oxygens (including phenoxy) is 3. The fourth-order valence-corrected chi connectivity index (χ4v) is 3.75. The van der Waals surface area contributed by atoms with E-state index in [9.17, 15) is 14.4 Å².